The minimum Gasteiger partial charge on any atom is -0.360 e. The molecule has 0 atom stereocenters. The summed E-state index contributed by atoms with van der Waals surface area (Å²) >= 11 is 0. The summed E-state index contributed by atoms with van der Waals surface area (Å²) in [7, 11) is 4.76. The lowest BCUT2D eigenvalue weighted by atomic mass is 11.6. The summed E-state index contributed by atoms with van der Waals surface area (Å²) < 4.78 is -0.258. The van der Waals surface area contributed by atoms with Crippen LogP contribution >= 0.6 is 39.5 Å². The van der Waals surface area contributed by atoms with Crippen LogP contribution < -0.4 is 0 Å². The molecule has 1 N–H and O–H groups in total. The average molecular weight is 172 g/mol. The van der Waals surface area contributed by atoms with Crippen molar-refractivity contribution in [3.8, 4) is 0 Å². The molecule has 0 radical (unpaired) electrons. The molecule has 5 heteroatoms. The third kappa shape index (κ3) is 0.463. The first-order valence-electron chi connectivity index (χ1n) is 1.74. The molecule has 2 aliphatic rings. The van der Waals surface area contributed by atoms with Gasteiger partial charge < -0.3 is 5.11 Å². The van der Waals surface area contributed by atoms with E-state index in [1.165, 1.54) is 0 Å². The predicted octanol–water partition coefficient (Wildman–Crippen LogP) is 2.00. The number of aliphatic hydroxyl groups is 1. The van der Waals surface area contributed by atoms with Crippen LogP contribution in [0.5, 0.6) is 0 Å². The fourth-order valence-corrected chi connectivity index (χ4v) is 14.6. The molecule has 0 aromatic carbocycles. The molecule has 0 saturated carbocycles. The number of hydrogen-bond acceptors (Lipinski definition) is 4. The molecule has 0 aromatic rings. The van der Waals surface area contributed by atoms with Gasteiger partial charge >= 0.3 is 0 Å². The lowest BCUT2D eigenvalue weighted by molar-refractivity contribution is 0.335. The molecule has 0 amide bonds. The van der Waals surface area contributed by atoms with Gasteiger partial charge in [0.2, 0.25) is 3.60 Å². The summed E-state index contributed by atoms with van der Waals surface area (Å²) in [5.74, 6) is 0. The molecule has 2 heterocycles. The Labute approximate surface area is 54.5 Å². The van der Waals surface area contributed by atoms with E-state index in [0.29, 0.717) is 0 Å². The van der Waals surface area contributed by atoms with Crippen LogP contribution in [0.25, 0.3) is 0 Å². The molecular formula is C2H4OS4. The number of hydrogen-bond donors (Lipinski definition) is 1. The van der Waals surface area contributed by atoms with Crippen LogP contribution in [0.1, 0.15) is 0 Å². The van der Waals surface area contributed by atoms with Crippen molar-refractivity contribution >= 4 is 39.5 Å². The molecule has 0 unspecified atom stereocenters. The zero-order valence-electron chi connectivity index (χ0n) is 3.58. The maximum atomic E-state index is 9.10. The zero-order valence-corrected chi connectivity index (χ0v) is 6.85. The highest BCUT2D eigenvalue weighted by molar-refractivity contribution is 9.70. The minimum absolute atomic E-state index is 0.258. The van der Waals surface area contributed by atoms with Crippen molar-refractivity contribution in [3.05, 3.63) is 0 Å². The first kappa shape index (κ1) is 5.17. The Balaban J connectivity index is 2.14. The van der Waals surface area contributed by atoms with Gasteiger partial charge in [-0.05, 0) is 35.0 Å². The highest BCUT2D eigenvalue weighted by Gasteiger charge is 2.85. The minimum atomic E-state index is -0.539. The Hall–Kier alpha value is 1.36. The van der Waals surface area contributed by atoms with Gasteiger partial charge in [-0.3, -0.25) is 0 Å². The molecule has 2 aliphatic heterocycles. The second-order valence-corrected chi connectivity index (χ2v) is 13.8. The molecule has 0 aromatic heterocycles. The normalized spacial score (nSPS) is 73.4. The van der Waals surface area contributed by atoms with Crippen molar-refractivity contribution in [2.45, 2.75) is 3.60 Å². The molecule has 7 heavy (non-hydrogen) atoms. The second kappa shape index (κ2) is 1.11. The van der Waals surface area contributed by atoms with E-state index in [2.05, 4.69) is 6.26 Å². The second-order valence-electron chi connectivity index (χ2n) is 1.31. The Morgan fingerprint density at radius 1 is 1.71 bits per heavy atom. The molecule has 2 rings (SSSR count). The third-order valence-electron chi connectivity index (χ3n) is 0.913. The van der Waals surface area contributed by atoms with Gasteiger partial charge in [-0.1, -0.05) is 10.8 Å². The van der Waals surface area contributed by atoms with Crippen molar-refractivity contribution in [1.82, 2.24) is 0 Å². The van der Waals surface area contributed by atoms with Crippen LogP contribution in [0.4, 0.5) is 0 Å². The van der Waals surface area contributed by atoms with Crippen molar-refractivity contribution < 1.29 is 5.11 Å². The maximum Gasteiger partial charge on any atom is 0.236 e. The summed E-state index contributed by atoms with van der Waals surface area (Å²) in [6, 6.07) is 0. The third-order valence-corrected chi connectivity index (χ3v) is 16.8. The smallest absolute Gasteiger partial charge is 0.236 e. The number of fused-ring (bicyclic) bond motifs is 1. The SMILES string of the molecule is CSS12SC1(O)S2. The van der Waals surface area contributed by atoms with E-state index in [9.17, 15) is 0 Å². The van der Waals surface area contributed by atoms with Gasteiger partial charge in [-0.15, -0.1) is 0 Å². The van der Waals surface area contributed by atoms with Gasteiger partial charge in [-0.25, -0.2) is 0 Å². The van der Waals surface area contributed by atoms with E-state index in [4.69, 9.17) is 5.11 Å². The fraction of sp³-hybridized carbons (Fsp3) is 1.00. The summed E-state index contributed by atoms with van der Waals surface area (Å²) in [5.41, 5.74) is 0. The highest BCUT2D eigenvalue weighted by Crippen LogP contribution is 3.22. The molecule has 0 bridgehead atoms. The van der Waals surface area contributed by atoms with Crippen LogP contribution in [-0.2, 0) is 0 Å². The van der Waals surface area contributed by atoms with Crippen LogP contribution in [0.2, 0.25) is 0 Å². The van der Waals surface area contributed by atoms with Gasteiger partial charge in [0, 0.05) is 0 Å². The molecular weight excluding hydrogens is 168 g/mol. The summed E-state index contributed by atoms with van der Waals surface area (Å²) in [5, 5.41) is 9.10. The highest BCUT2D eigenvalue weighted by atomic mass is 33.9. The summed E-state index contributed by atoms with van der Waals surface area (Å²) in [4.78, 5) is 0. The quantitative estimate of drug-likeness (QED) is 0.482. The standard InChI is InChI=1S/C2H4OS4/c1-4-7-2(3,5-7)6-7/h3H,1H3. The average Bonchev–Trinajstić information content (AvgIpc) is 2.24. The largest absolute Gasteiger partial charge is 0.360 e. The van der Waals surface area contributed by atoms with Crippen molar-refractivity contribution in [2.75, 3.05) is 6.26 Å². The first-order chi connectivity index (χ1) is 3.22. The Morgan fingerprint density at radius 3 is 2.14 bits per heavy atom. The molecule has 1 nitrogen and oxygen atoms in total. The van der Waals surface area contributed by atoms with E-state index in [-0.39, 0.29) is 3.60 Å². The van der Waals surface area contributed by atoms with Crippen LogP contribution in [0, 0.1) is 0 Å². The first-order valence-corrected chi connectivity index (χ1v) is 7.79. The summed E-state index contributed by atoms with van der Waals surface area (Å²) in [6.45, 7) is 0. The Morgan fingerprint density at radius 2 is 2.14 bits per heavy atom. The van der Waals surface area contributed by atoms with Gasteiger partial charge in [0.15, 0.2) is 0 Å². The zero-order chi connectivity index (χ0) is 5.12. The fourth-order valence-electron chi connectivity index (χ4n) is 0.423. The van der Waals surface area contributed by atoms with Crippen LogP contribution in [0.3, 0.4) is 0 Å². The predicted molar refractivity (Wildman–Crippen MR) is 41.2 cm³/mol. The lowest BCUT2D eigenvalue weighted by Crippen LogP contribution is -1.75. The molecule has 42 valence electrons. The molecule has 0 aliphatic carbocycles. The van der Waals surface area contributed by atoms with Gasteiger partial charge in [0.1, 0.15) is 0 Å². The van der Waals surface area contributed by atoms with Gasteiger partial charge in [0.25, 0.3) is 0 Å². The van der Waals surface area contributed by atoms with E-state index in [1.807, 2.05) is 10.8 Å². The Bertz CT molecular complexity index is 111. The van der Waals surface area contributed by atoms with E-state index in [0.717, 1.165) is 0 Å². The van der Waals surface area contributed by atoms with Gasteiger partial charge in [0.05, 0.1) is 0 Å². The molecule has 2 saturated heterocycles. The molecule has 2 fully saturated rings. The topological polar surface area (TPSA) is 20.2 Å². The maximum absolute atomic E-state index is 9.10. The van der Waals surface area contributed by atoms with E-state index < -0.39 is 7.12 Å². The van der Waals surface area contributed by atoms with Crippen LogP contribution in [0.15, 0.2) is 0 Å². The van der Waals surface area contributed by atoms with Crippen molar-refractivity contribution in [3.63, 3.8) is 0 Å². The van der Waals surface area contributed by atoms with Crippen molar-refractivity contribution in [1.29, 1.82) is 0 Å². The Kier molecular flexibility index (Phi) is 0.821. The summed E-state index contributed by atoms with van der Waals surface area (Å²) in [6.07, 6.45) is 2.07. The monoisotopic (exact) mass is 172 g/mol. The van der Waals surface area contributed by atoms with Gasteiger partial charge in [-0.2, -0.15) is 0 Å². The van der Waals surface area contributed by atoms with Crippen LogP contribution in [-0.4, -0.2) is 15.0 Å². The molecule has 0 spiro atoms. The van der Waals surface area contributed by atoms with Crippen molar-refractivity contribution in [2.24, 2.45) is 0 Å². The van der Waals surface area contributed by atoms with E-state index >= 15 is 0 Å². The lowest BCUT2D eigenvalue weighted by Gasteiger charge is -1.90. The number of rotatable bonds is 1. The van der Waals surface area contributed by atoms with E-state index in [1.54, 1.807) is 21.6 Å².